The summed E-state index contributed by atoms with van der Waals surface area (Å²) in [4.78, 5) is 61.2. The zero-order valence-corrected chi connectivity index (χ0v) is 28.3. The second-order valence-electron chi connectivity index (χ2n) is 13.6. The molecule has 2 aliphatic heterocycles. The van der Waals surface area contributed by atoms with Gasteiger partial charge >= 0.3 is 0 Å². The van der Waals surface area contributed by atoms with Gasteiger partial charge in [-0.15, -0.1) is 0 Å². The fraction of sp³-hybridized carbons (Fsp3) is 0.268. The van der Waals surface area contributed by atoms with Crippen LogP contribution in [-0.2, 0) is 31.0 Å². The number of phenolic OH excluding ortho intramolecular Hbond substituents is 1. The first kappa shape index (κ1) is 32.0. The first-order valence-corrected chi connectivity index (χ1v) is 17.3. The number of phenols is 1. The summed E-state index contributed by atoms with van der Waals surface area (Å²) in [5.74, 6) is -4.77. The van der Waals surface area contributed by atoms with Crippen LogP contribution in [0.3, 0.4) is 0 Å². The SMILES string of the molecule is CCc1ccc(N2C(=O)[C@H]3[C@H](CC=C4[C@H]3C[C@H]3C(=O)N(c5cccc(Cl)c5)C(=O)[C@@]3(c3ccccc3)[C@H]4c3ccc(OC)cc3O)C2=O)cc1. The third kappa shape index (κ3) is 4.51. The van der Waals surface area contributed by atoms with E-state index in [0.717, 1.165) is 17.6 Å². The van der Waals surface area contributed by atoms with Crippen molar-refractivity contribution in [2.45, 2.75) is 37.5 Å². The molecule has 1 saturated carbocycles. The third-order valence-electron chi connectivity index (χ3n) is 11.3. The number of imide groups is 2. The molecule has 9 heteroatoms. The maximum absolute atomic E-state index is 15.3. The molecule has 0 aromatic heterocycles. The van der Waals surface area contributed by atoms with E-state index in [1.54, 1.807) is 36.4 Å². The molecule has 4 amide bonds. The Morgan fingerprint density at radius 3 is 2.26 bits per heavy atom. The first-order valence-electron chi connectivity index (χ1n) is 16.9. The average molecular weight is 687 g/mol. The van der Waals surface area contributed by atoms with Crippen molar-refractivity contribution in [3.8, 4) is 11.5 Å². The summed E-state index contributed by atoms with van der Waals surface area (Å²) in [7, 11) is 1.50. The van der Waals surface area contributed by atoms with Crippen molar-refractivity contribution in [2.75, 3.05) is 16.9 Å². The molecule has 50 heavy (non-hydrogen) atoms. The number of hydrogen-bond donors (Lipinski definition) is 1. The minimum atomic E-state index is -1.48. The highest BCUT2D eigenvalue weighted by atomic mass is 35.5. The summed E-state index contributed by atoms with van der Waals surface area (Å²) in [6.45, 7) is 2.04. The summed E-state index contributed by atoms with van der Waals surface area (Å²) >= 11 is 6.39. The van der Waals surface area contributed by atoms with E-state index >= 15 is 4.79 Å². The number of fused-ring (bicyclic) bond motifs is 4. The van der Waals surface area contributed by atoms with Crippen LogP contribution in [0.4, 0.5) is 11.4 Å². The molecule has 3 fully saturated rings. The van der Waals surface area contributed by atoms with Crippen molar-refractivity contribution in [3.63, 3.8) is 0 Å². The number of amides is 4. The Morgan fingerprint density at radius 2 is 1.58 bits per heavy atom. The standard InChI is InChI=1S/C41H35ClN2O6/c1-3-23-12-14-26(15-13-23)43-37(46)31-19-18-29-32(35(31)39(43)48)22-33-38(47)44(27-11-7-10-25(42)20-27)40(49)41(33,24-8-5-4-6-9-24)36(29)30-17-16-28(50-2)21-34(30)45/h4-18,20-21,31-33,35-36,45H,3,19,22H2,1-2H3/t31-,32+,33-,35-,36+,41+/m0/s1. The Kier molecular flexibility index (Phi) is 7.68. The van der Waals surface area contributed by atoms with Gasteiger partial charge in [0.15, 0.2) is 0 Å². The maximum Gasteiger partial charge on any atom is 0.246 e. The molecule has 252 valence electrons. The largest absolute Gasteiger partial charge is 0.508 e. The highest BCUT2D eigenvalue weighted by Gasteiger charge is 2.70. The number of halogens is 1. The Labute approximate surface area is 294 Å². The molecule has 4 aromatic rings. The number of anilines is 2. The van der Waals surface area contributed by atoms with Gasteiger partial charge in [-0.2, -0.15) is 0 Å². The molecule has 8 rings (SSSR count). The van der Waals surface area contributed by atoms with Gasteiger partial charge in [-0.3, -0.25) is 24.1 Å². The first-order chi connectivity index (χ1) is 24.2. The van der Waals surface area contributed by atoms with E-state index in [-0.39, 0.29) is 30.4 Å². The van der Waals surface area contributed by atoms with Crippen LogP contribution in [0.15, 0.2) is 109 Å². The van der Waals surface area contributed by atoms with Crippen LogP contribution >= 0.6 is 11.6 Å². The normalized spacial score (nSPS) is 27.2. The number of rotatable bonds is 6. The predicted molar refractivity (Wildman–Crippen MR) is 189 cm³/mol. The molecule has 4 aromatic carbocycles. The van der Waals surface area contributed by atoms with Crippen molar-refractivity contribution >= 4 is 46.6 Å². The quantitative estimate of drug-likeness (QED) is 0.173. The van der Waals surface area contributed by atoms with Gasteiger partial charge in [0.2, 0.25) is 23.6 Å². The van der Waals surface area contributed by atoms with Crippen molar-refractivity contribution in [1.82, 2.24) is 0 Å². The summed E-state index contributed by atoms with van der Waals surface area (Å²) < 4.78 is 5.41. The molecule has 0 spiro atoms. The van der Waals surface area contributed by atoms with Crippen LogP contribution in [0.5, 0.6) is 11.5 Å². The van der Waals surface area contributed by atoms with E-state index in [1.165, 1.54) is 23.0 Å². The lowest BCUT2D eigenvalue weighted by molar-refractivity contribution is -0.127. The van der Waals surface area contributed by atoms with Crippen molar-refractivity contribution < 1.29 is 29.0 Å². The van der Waals surface area contributed by atoms with Crippen LogP contribution < -0.4 is 14.5 Å². The molecular weight excluding hydrogens is 652 g/mol. The molecule has 6 atom stereocenters. The van der Waals surface area contributed by atoms with Gasteiger partial charge in [0.1, 0.15) is 11.5 Å². The monoisotopic (exact) mass is 686 g/mol. The molecule has 1 N–H and O–H groups in total. The van der Waals surface area contributed by atoms with E-state index < -0.39 is 46.8 Å². The average Bonchev–Trinajstić information content (AvgIpc) is 3.52. The second kappa shape index (κ2) is 12.0. The number of carbonyl (C=O) groups is 4. The molecule has 0 bridgehead atoms. The molecule has 0 unspecified atom stereocenters. The number of hydrogen-bond acceptors (Lipinski definition) is 6. The maximum atomic E-state index is 15.3. The van der Waals surface area contributed by atoms with E-state index in [0.29, 0.717) is 33.3 Å². The number of nitrogens with zero attached hydrogens (tertiary/aromatic N) is 2. The Bertz CT molecular complexity index is 2100. The lowest BCUT2D eigenvalue weighted by Gasteiger charge is -2.50. The van der Waals surface area contributed by atoms with Crippen molar-refractivity contribution in [3.05, 3.63) is 130 Å². The van der Waals surface area contributed by atoms with Gasteiger partial charge in [-0.1, -0.05) is 84.8 Å². The molecule has 2 heterocycles. The van der Waals surface area contributed by atoms with E-state index in [1.807, 2.05) is 67.6 Å². The van der Waals surface area contributed by atoms with Gasteiger partial charge in [0, 0.05) is 22.6 Å². The fourth-order valence-electron chi connectivity index (χ4n) is 9.12. The molecule has 2 saturated heterocycles. The number of aromatic hydroxyl groups is 1. The van der Waals surface area contributed by atoms with Gasteiger partial charge < -0.3 is 9.84 Å². The molecule has 4 aliphatic rings. The number of ether oxygens (including phenoxy) is 1. The fourth-order valence-corrected chi connectivity index (χ4v) is 9.30. The lowest BCUT2D eigenvalue weighted by Crippen LogP contribution is -2.53. The van der Waals surface area contributed by atoms with Crippen LogP contribution in [0.2, 0.25) is 5.02 Å². The molecule has 8 nitrogen and oxygen atoms in total. The predicted octanol–water partition coefficient (Wildman–Crippen LogP) is 6.98. The topological polar surface area (TPSA) is 104 Å². The lowest BCUT2D eigenvalue weighted by atomic mass is 9.49. The molecule has 2 aliphatic carbocycles. The summed E-state index contributed by atoms with van der Waals surface area (Å²) in [6, 6.07) is 28.3. The zero-order valence-electron chi connectivity index (χ0n) is 27.6. The summed E-state index contributed by atoms with van der Waals surface area (Å²) in [5, 5.41) is 12.0. The van der Waals surface area contributed by atoms with Gasteiger partial charge in [-0.25, -0.2) is 4.90 Å². The van der Waals surface area contributed by atoms with Crippen LogP contribution in [0.25, 0.3) is 0 Å². The van der Waals surface area contributed by atoms with Crippen LogP contribution in [0.1, 0.15) is 42.4 Å². The van der Waals surface area contributed by atoms with E-state index in [2.05, 4.69) is 0 Å². The smallest absolute Gasteiger partial charge is 0.246 e. The van der Waals surface area contributed by atoms with Crippen molar-refractivity contribution in [1.29, 1.82) is 0 Å². The van der Waals surface area contributed by atoms with Gasteiger partial charge in [-0.05, 0) is 72.7 Å². The number of methoxy groups -OCH3 is 1. The van der Waals surface area contributed by atoms with Gasteiger partial charge in [0.25, 0.3) is 0 Å². The zero-order chi connectivity index (χ0) is 34.9. The summed E-state index contributed by atoms with van der Waals surface area (Å²) in [5.41, 5.74) is 2.31. The number of benzene rings is 4. The molecular formula is C41H35ClN2O6. The number of allylic oxidation sites excluding steroid dienone is 2. The third-order valence-corrected chi connectivity index (χ3v) is 11.6. The van der Waals surface area contributed by atoms with Crippen LogP contribution in [0, 0.1) is 23.7 Å². The van der Waals surface area contributed by atoms with Crippen LogP contribution in [-0.4, -0.2) is 35.8 Å². The molecule has 0 radical (unpaired) electrons. The Hall–Kier alpha value is -5.21. The minimum Gasteiger partial charge on any atom is -0.508 e. The minimum absolute atomic E-state index is 0.0972. The highest BCUT2D eigenvalue weighted by Crippen LogP contribution is 2.65. The van der Waals surface area contributed by atoms with E-state index in [9.17, 15) is 19.5 Å². The highest BCUT2D eigenvalue weighted by molar-refractivity contribution is 6.32. The Morgan fingerprint density at radius 1 is 0.820 bits per heavy atom. The van der Waals surface area contributed by atoms with E-state index in [4.69, 9.17) is 16.3 Å². The summed E-state index contributed by atoms with van der Waals surface area (Å²) in [6.07, 6.45) is 3.26. The van der Waals surface area contributed by atoms with Gasteiger partial charge in [0.05, 0.1) is 41.7 Å². The number of carbonyl (C=O) groups excluding carboxylic acids is 4. The second-order valence-corrected chi connectivity index (χ2v) is 14.0. The van der Waals surface area contributed by atoms with Crippen molar-refractivity contribution in [2.24, 2.45) is 23.7 Å². The number of aryl methyl sites for hydroxylation is 1. The Balaban J connectivity index is 1.34.